The Morgan fingerprint density at radius 1 is 1.11 bits per heavy atom. The molecule has 8 heteroatoms. The second kappa shape index (κ2) is 9.50. The van der Waals surface area contributed by atoms with E-state index in [9.17, 15) is 4.79 Å². The minimum atomic E-state index is -0.0788. The van der Waals surface area contributed by atoms with Gasteiger partial charge in [0.25, 0.3) is 0 Å². The smallest absolute Gasteiger partial charge is 0.236 e. The first-order chi connectivity index (χ1) is 13.1. The van der Waals surface area contributed by atoms with Gasteiger partial charge in [-0.15, -0.1) is 23.1 Å². The molecule has 5 nitrogen and oxygen atoms in total. The molecule has 1 heterocycles. The molecule has 3 N–H and O–H groups in total. The van der Waals surface area contributed by atoms with Crippen LogP contribution in [0.15, 0.2) is 65.0 Å². The van der Waals surface area contributed by atoms with Gasteiger partial charge >= 0.3 is 0 Å². The van der Waals surface area contributed by atoms with Crippen LogP contribution in [0.5, 0.6) is 0 Å². The SMILES string of the molecule is Cc1ccc(NC(=S)Nc2cccc(SCC(=O)Nc3nccs3)c2)cc1. The van der Waals surface area contributed by atoms with Gasteiger partial charge in [-0.3, -0.25) is 4.79 Å². The van der Waals surface area contributed by atoms with Crippen molar-refractivity contribution in [3.63, 3.8) is 0 Å². The van der Waals surface area contributed by atoms with Crippen molar-refractivity contribution < 1.29 is 4.79 Å². The first-order valence-electron chi connectivity index (χ1n) is 8.15. The number of benzene rings is 2. The summed E-state index contributed by atoms with van der Waals surface area (Å²) in [5, 5.41) is 12.1. The third kappa shape index (κ3) is 6.35. The van der Waals surface area contributed by atoms with Crippen molar-refractivity contribution in [2.24, 2.45) is 0 Å². The van der Waals surface area contributed by atoms with Crippen LogP contribution in [0, 0.1) is 6.92 Å². The molecule has 0 aliphatic carbocycles. The van der Waals surface area contributed by atoms with Gasteiger partial charge in [0.1, 0.15) is 0 Å². The summed E-state index contributed by atoms with van der Waals surface area (Å²) < 4.78 is 0. The van der Waals surface area contributed by atoms with Gasteiger partial charge in [0.15, 0.2) is 10.2 Å². The Labute approximate surface area is 171 Å². The Morgan fingerprint density at radius 2 is 1.89 bits per heavy atom. The van der Waals surface area contributed by atoms with E-state index in [0.29, 0.717) is 16.0 Å². The normalized spacial score (nSPS) is 10.3. The van der Waals surface area contributed by atoms with Gasteiger partial charge in [-0.25, -0.2) is 4.98 Å². The van der Waals surface area contributed by atoms with Gasteiger partial charge in [0.2, 0.25) is 5.91 Å². The van der Waals surface area contributed by atoms with E-state index in [0.717, 1.165) is 16.3 Å². The van der Waals surface area contributed by atoms with E-state index in [1.807, 2.05) is 60.8 Å². The lowest BCUT2D eigenvalue weighted by Gasteiger charge is -2.11. The molecule has 0 spiro atoms. The van der Waals surface area contributed by atoms with Gasteiger partial charge < -0.3 is 16.0 Å². The lowest BCUT2D eigenvalue weighted by molar-refractivity contribution is -0.113. The van der Waals surface area contributed by atoms with Crippen LogP contribution < -0.4 is 16.0 Å². The highest BCUT2D eigenvalue weighted by Gasteiger charge is 2.06. The van der Waals surface area contributed by atoms with Crippen LogP contribution >= 0.6 is 35.3 Å². The van der Waals surface area contributed by atoms with Gasteiger partial charge in [0.05, 0.1) is 5.75 Å². The van der Waals surface area contributed by atoms with Crippen LogP contribution in [-0.2, 0) is 4.79 Å². The second-order valence-corrected chi connectivity index (χ2v) is 8.00. The van der Waals surface area contributed by atoms with Crippen molar-refractivity contribution in [2.75, 3.05) is 21.7 Å². The maximum atomic E-state index is 12.0. The summed E-state index contributed by atoms with van der Waals surface area (Å²) in [7, 11) is 0. The van der Waals surface area contributed by atoms with Crippen LogP contribution in [0.2, 0.25) is 0 Å². The fraction of sp³-hybridized carbons (Fsp3) is 0.105. The average Bonchev–Trinajstić information content (AvgIpc) is 3.15. The monoisotopic (exact) mass is 414 g/mol. The molecule has 0 aliphatic rings. The van der Waals surface area contributed by atoms with E-state index in [1.165, 1.54) is 28.7 Å². The molecule has 0 saturated carbocycles. The number of thioether (sulfide) groups is 1. The highest BCUT2D eigenvalue weighted by molar-refractivity contribution is 8.00. The fourth-order valence-electron chi connectivity index (χ4n) is 2.18. The zero-order chi connectivity index (χ0) is 19.1. The van der Waals surface area contributed by atoms with Crippen molar-refractivity contribution in [1.82, 2.24) is 4.98 Å². The molecule has 0 aliphatic heterocycles. The Bertz CT molecular complexity index is 911. The van der Waals surface area contributed by atoms with Crippen molar-refractivity contribution in [2.45, 2.75) is 11.8 Å². The molecule has 0 fully saturated rings. The Kier molecular flexibility index (Phi) is 6.80. The highest BCUT2D eigenvalue weighted by atomic mass is 32.2. The zero-order valence-electron chi connectivity index (χ0n) is 14.6. The summed E-state index contributed by atoms with van der Waals surface area (Å²) in [6.07, 6.45) is 1.66. The predicted octanol–water partition coefficient (Wildman–Crippen LogP) is 4.99. The van der Waals surface area contributed by atoms with Crippen molar-refractivity contribution in [1.29, 1.82) is 0 Å². The number of hydrogen-bond acceptors (Lipinski definition) is 5. The Morgan fingerprint density at radius 3 is 2.63 bits per heavy atom. The number of nitrogens with zero attached hydrogens (tertiary/aromatic N) is 1. The summed E-state index contributed by atoms with van der Waals surface area (Å²) in [5.74, 6) is 0.236. The summed E-state index contributed by atoms with van der Waals surface area (Å²) >= 11 is 8.22. The minimum Gasteiger partial charge on any atom is -0.332 e. The molecular weight excluding hydrogens is 396 g/mol. The van der Waals surface area contributed by atoms with Gasteiger partial charge in [-0.05, 0) is 49.5 Å². The number of anilines is 3. The maximum absolute atomic E-state index is 12.0. The number of aryl methyl sites for hydroxylation is 1. The maximum Gasteiger partial charge on any atom is 0.236 e. The van der Waals surface area contributed by atoms with Crippen LogP contribution in [0.1, 0.15) is 5.56 Å². The van der Waals surface area contributed by atoms with Crippen LogP contribution in [0.4, 0.5) is 16.5 Å². The van der Waals surface area contributed by atoms with E-state index < -0.39 is 0 Å². The molecule has 1 aromatic heterocycles. The molecule has 0 bridgehead atoms. The molecule has 1 amide bonds. The second-order valence-electron chi connectivity index (χ2n) is 5.65. The van der Waals surface area contributed by atoms with E-state index in [1.54, 1.807) is 6.20 Å². The summed E-state index contributed by atoms with van der Waals surface area (Å²) in [5.41, 5.74) is 3.00. The number of nitrogens with one attached hydrogen (secondary N) is 3. The Hall–Kier alpha value is -2.42. The van der Waals surface area contributed by atoms with Gasteiger partial charge in [-0.2, -0.15) is 0 Å². The number of thiazole rings is 1. The molecule has 138 valence electrons. The van der Waals surface area contributed by atoms with E-state index in [4.69, 9.17) is 12.2 Å². The lowest BCUT2D eigenvalue weighted by atomic mass is 10.2. The predicted molar refractivity (Wildman–Crippen MR) is 119 cm³/mol. The zero-order valence-corrected chi connectivity index (χ0v) is 17.0. The van der Waals surface area contributed by atoms with E-state index in [-0.39, 0.29) is 5.91 Å². The molecule has 3 rings (SSSR count). The van der Waals surface area contributed by atoms with E-state index >= 15 is 0 Å². The standard InChI is InChI=1S/C19H18N4OS3/c1-13-5-7-14(8-6-13)21-18(25)22-15-3-2-4-16(11-15)27-12-17(24)23-19-20-9-10-26-19/h2-11H,12H2,1H3,(H,20,23,24)(H2,21,22,25). The quantitative estimate of drug-likeness (QED) is 0.390. The topological polar surface area (TPSA) is 66.0 Å². The van der Waals surface area contributed by atoms with E-state index in [2.05, 4.69) is 20.9 Å². The summed E-state index contributed by atoms with van der Waals surface area (Å²) in [6, 6.07) is 15.8. The van der Waals surface area contributed by atoms with Crippen molar-refractivity contribution >= 4 is 62.8 Å². The molecule has 0 unspecified atom stereocenters. The third-order valence-electron chi connectivity index (χ3n) is 3.45. The Balaban J connectivity index is 1.51. The number of thiocarbonyl (C=S) groups is 1. The molecule has 27 heavy (non-hydrogen) atoms. The third-order valence-corrected chi connectivity index (χ3v) is 5.34. The van der Waals surface area contributed by atoms with Crippen LogP contribution in [0.25, 0.3) is 0 Å². The first-order valence-corrected chi connectivity index (χ1v) is 10.4. The van der Waals surface area contributed by atoms with Crippen LogP contribution in [-0.4, -0.2) is 21.8 Å². The number of rotatable bonds is 6. The summed E-state index contributed by atoms with van der Waals surface area (Å²) in [4.78, 5) is 17.0. The molecule has 0 radical (unpaired) electrons. The first kappa shape index (κ1) is 19.3. The van der Waals surface area contributed by atoms with Crippen LogP contribution in [0.3, 0.4) is 0 Å². The highest BCUT2D eigenvalue weighted by Crippen LogP contribution is 2.22. The lowest BCUT2D eigenvalue weighted by Crippen LogP contribution is -2.19. The number of hydrogen-bond donors (Lipinski definition) is 3. The molecule has 3 aromatic rings. The largest absolute Gasteiger partial charge is 0.332 e. The number of carbonyl (C=O) groups is 1. The van der Waals surface area contributed by atoms with Crippen molar-refractivity contribution in [3.05, 3.63) is 65.7 Å². The number of carbonyl (C=O) groups excluding carboxylic acids is 1. The number of aromatic nitrogens is 1. The fourth-order valence-corrected chi connectivity index (χ4v) is 3.72. The average molecular weight is 415 g/mol. The summed E-state index contributed by atoms with van der Waals surface area (Å²) in [6.45, 7) is 2.04. The van der Waals surface area contributed by atoms with Crippen molar-refractivity contribution in [3.8, 4) is 0 Å². The molecular formula is C19H18N4OS3. The van der Waals surface area contributed by atoms with Gasteiger partial charge in [-0.1, -0.05) is 23.8 Å². The van der Waals surface area contributed by atoms with Gasteiger partial charge in [0, 0.05) is 27.8 Å². The molecule has 2 aromatic carbocycles. The minimum absolute atomic E-state index is 0.0788. The molecule has 0 atom stereocenters. The number of amides is 1. The molecule has 0 saturated heterocycles.